The second kappa shape index (κ2) is 6.53. The van der Waals surface area contributed by atoms with Gasteiger partial charge in [-0.2, -0.15) is 0 Å². The lowest BCUT2D eigenvalue weighted by molar-refractivity contribution is 0.131. The SMILES string of the molecule is CCOCCCOc1ccc(N)cc1Cl. The third-order valence-electron chi connectivity index (χ3n) is 1.85. The van der Waals surface area contributed by atoms with Crippen molar-refractivity contribution in [2.45, 2.75) is 13.3 Å². The van der Waals surface area contributed by atoms with Crippen LogP contribution in [0.2, 0.25) is 5.02 Å². The quantitative estimate of drug-likeness (QED) is 0.603. The Morgan fingerprint density at radius 3 is 2.80 bits per heavy atom. The molecule has 4 heteroatoms. The number of nitrogen functional groups attached to an aromatic ring is 1. The minimum absolute atomic E-state index is 0.548. The lowest BCUT2D eigenvalue weighted by Crippen LogP contribution is -2.03. The van der Waals surface area contributed by atoms with Crippen LogP contribution in [0.4, 0.5) is 5.69 Å². The zero-order valence-corrected chi connectivity index (χ0v) is 9.59. The van der Waals surface area contributed by atoms with Crippen LogP contribution < -0.4 is 10.5 Å². The Kier molecular flexibility index (Phi) is 5.29. The first kappa shape index (κ1) is 12.1. The minimum atomic E-state index is 0.548. The molecule has 3 nitrogen and oxygen atoms in total. The van der Waals surface area contributed by atoms with Gasteiger partial charge in [-0.25, -0.2) is 0 Å². The molecule has 1 rings (SSSR count). The van der Waals surface area contributed by atoms with Crippen LogP contribution in [0.25, 0.3) is 0 Å². The van der Waals surface area contributed by atoms with E-state index >= 15 is 0 Å². The Hall–Kier alpha value is -0.930. The molecule has 0 amide bonds. The van der Waals surface area contributed by atoms with E-state index in [-0.39, 0.29) is 0 Å². The molecule has 0 heterocycles. The number of ether oxygens (including phenoxy) is 2. The summed E-state index contributed by atoms with van der Waals surface area (Å²) in [6.45, 7) is 4.02. The van der Waals surface area contributed by atoms with Gasteiger partial charge in [0, 0.05) is 25.3 Å². The monoisotopic (exact) mass is 229 g/mol. The normalized spacial score (nSPS) is 10.3. The maximum Gasteiger partial charge on any atom is 0.138 e. The third-order valence-corrected chi connectivity index (χ3v) is 2.15. The summed E-state index contributed by atoms with van der Waals surface area (Å²) in [5.74, 6) is 0.669. The molecule has 0 aliphatic heterocycles. The first-order valence-corrected chi connectivity index (χ1v) is 5.37. The van der Waals surface area contributed by atoms with E-state index in [1.807, 2.05) is 6.92 Å². The Balaban J connectivity index is 2.31. The lowest BCUT2D eigenvalue weighted by atomic mass is 10.3. The summed E-state index contributed by atoms with van der Waals surface area (Å²) >= 11 is 5.93. The Morgan fingerprint density at radius 1 is 1.33 bits per heavy atom. The van der Waals surface area contributed by atoms with E-state index in [1.165, 1.54) is 0 Å². The first-order chi connectivity index (χ1) is 7.24. The summed E-state index contributed by atoms with van der Waals surface area (Å²) in [5, 5.41) is 0.548. The molecular weight excluding hydrogens is 214 g/mol. The van der Waals surface area contributed by atoms with Gasteiger partial charge in [-0.05, 0) is 25.1 Å². The van der Waals surface area contributed by atoms with Gasteiger partial charge in [0.1, 0.15) is 5.75 Å². The Morgan fingerprint density at radius 2 is 2.13 bits per heavy atom. The second-order valence-corrected chi connectivity index (χ2v) is 3.50. The van der Waals surface area contributed by atoms with Gasteiger partial charge in [0.05, 0.1) is 11.6 Å². The van der Waals surface area contributed by atoms with Crippen molar-refractivity contribution >= 4 is 17.3 Å². The van der Waals surface area contributed by atoms with Gasteiger partial charge in [-0.3, -0.25) is 0 Å². The first-order valence-electron chi connectivity index (χ1n) is 4.99. The number of benzene rings is 1. The highest BCUT2D eigenvalue weighted by Crippen LogP contribution is 2.26. The zero-order chi connectivity index (χ0) is 11.1. The van der Waals surface area contributed by atoms with Crippen molar-refractivity contribution in [2.75, 3.05) is 25.6 Å². The smallest absolute Gasteiger partial charge is 0.138 e. The molecule has 2 N–H and O–H groups in total. The van der Waals surface area contributed by atoms with Crippen LogP contribution in [0.15, 0.2) is 18.2 Å². The minimum Gasteiger partial charge on any atom is -0.492 e. The molecule has 0 aliphatic carbocycles. The van der Waals surface area contributed by atoms with Crippen LogP contribution in [0.3, 0.4) is 0 Å². The predicted molar refractivity (Wildman–Crippen MR) is 62.5 cm³/mol. The second-order valence-electron chi connectivity index (χ2n) is 3.09. The van der Waals surface area contributed by atoms with E-state index in [4.69, 9.17) is 26.8 Å². The summed E-state index contributed by atoms with van der Waals surface area (Å²) in [6, 6.07) is 5.22. The molecule has 0 radical (unpaired) electrons. The molecule has 84 valence electrons. The van der Waals surface area contributed by atoms with E-state index in [0.717, 1.165) is 13.0 Å². The van der Waals surface area contributed by atoms with Crippen molar-refractivity contribution in [3.05, 3.63) is 23.2 Å². The average molecular weight is 230 g/mol. The molecule has 0 saturated carbocycles. The van der Waals surface area contributed by atoms with Crippen LogP contribution >= 0.6 is 11.6 Å². The number of halogens is 1. The number of hydrogen-bond donors (Lipinski definition) is 1. The van der Waals surface area contributed by atoms with Crippen molar-refractivity contribution in [1.82, 2.24) is 0 Å². The van der Waals surface area contributed by atoms with E-state index in [0.29, 0.717) is 29.7 Å². The molecule has 0 saturated heterocycles. The zero-order valence-electron chi connectivity index (χ0n) is 8.83. The lowest BCUT2D eigenvalue weighted by Gasteiger charge is -2.08. The van der Waals surface area contributed by atoms with Crippen LogP contribution in [0.5, 0.6) is 5.75 Å². The van der Waals surface area contributed by atoms with Crippen LogP contribution in [0.1, 0.15) is 13.3 Å². The maximum absolute atomic E-state index is 5.93. The Bertz CT molecular complexity index is 305. The van der Waals surface area contributed by atoms with Gasteiger partial charge in [0.2, 0.25) is 0 Å². The van der Waals surface area contributed by atoms with Gasteiger partial charge >= 0.3 is 0 Å². The summed E-state index contributed by atoms with van der Waals surface area (Å²) in [6.07, 6.45) is 0.856. The molecule has 0 bridgehead atoms. The van der Waals surface area contributed by atoms with E-state index < -0.39 is 0 Å². The molecule has 0 aliphatic rings. The van der Waals surface area contributed by atoms with Crippen molar-refractivity contribution in [3.8, 4) is 5.75 Å². The van der Waals surface area contributed by atoms with E-state index in [9.17, 15) is 0 Å². The highest BCUT2D eigenvalue weighted by molar-refractivity contribution is 6.32. The number of rotatable bonds is 6. The Labute approximate surface area is 95.1 Å². The molecular formula is C11H16ClNO2. The standard InChI is InChI=1S/C11H16ClNO2/c1-2-14-6-3-7-15-11-5-4-9(13)8-10(11)12/h4-5,8H,2-3,6-7,13H2,1H3. The van der Waals surface area contributed by atoms with Crippen molar-refractivity contribution in [1.29, 1.82) is 0 Å². The van der Waals surface area contributed by atoms with Gasteiger partial charge in [0.25, 0.3) is 0 Å². The van der Waals surface area contributed by atoms with Crippen LogP contribution in [-0.2, 0) is 4.74 Å². The van der Waals surface area contributed by atoms with Crippen molar-refractivity contribution < 1.29 is 9.47 Å². The summed E-state index contributed by atoms with van der Waals surface area (Å²) in [7, 11) is 0. The summed E-state index contributed by atoms with van der Waals surface area (Å²) in [4.78, 5) is 0. The topological polar surface area (TPSA) is 44.5 Å². The van der Waals surface area contributed by atoms with E-state index in [1.54, 1.807) is 18.2 Å². The molecule has 0 unspecified atom stereocenters. The molecule has 15 heavy (non-hydrogen) atoms. The summed E-state index contributed by atoms with van der Waals surface area (Å²) < 4.78 is 10.7. The van der Waals surface area contributed by atoms with E-state index in [2.05, 4.69) is 0 Å². The molecule has 0 spiro atoms. The fraction of sp³-hybridized carbons (Fsp3) is 0.455. The molecule has 0 aromatic heterocycles. The summed E-state index contributed by atoms with van der Waals surface area (Å²) in [5.41, 5.74) is 6.20. The number of anilines is 1. The maximum atomic E-state index is 5.93. The molecule has 0 fully saturated rings. The van der Waals surface area contributed by atoms with Crippen LogP contribution in [0, 0.1) is 0 Å². The van der Waals surface area contributed by atoms with Crippen molar-refractivity contribution in [3.63, 3.8) is 0 Å². The van der Waals surface area contributed by atoms with Gasteiger partial charge in [0.15, 0.2) is 0 Å². The fourth-order valence-electron chi connectivity index (χ4n) is 1.12. The fourth-order valence-corrected chi connectivity index (χ4v) is 1.37. The molecule has 1 aromatic rings. The average Bonchev–Trinajstić information content (AvgIpc) is 2.20. The highest BCUT2D eigenvalue weighted by Gasteiger charge is 2.01. The van der Waals surface area contributed by atoms with Crippen LogP contribution in [-0.4, -0.2) is 19.8 Å². The van der Waals surface area contributed by atoms with Gasteiger partial charge in [-0.15, -0.1) is 0 Å². The number of hydrogen-bond acceptors (Lipinski definition) is 3. The predicted octanol–water partition coefficient (Wildman–Crippen LogP) is 2.73. The molecule has 1 aromatic carbocycles. The third kappa shape index (κ3) is 4.40. The highest BCUT2D eigenvalue weighted by atomic mass is 35.5. The van der Waals surface area contributed by atoms with Gasteiger partial charge in [-0.1, -0.05) is 11.6 Å². The largest absolute Gasteiger partial charge is 0.492 e. The van der Waals surface area contributed by atoms with Gasteiger partial charge < -0.3 is 15.2 Å². The number of nitrogens with two attached hydrogens (primary N) is 1. The van der Waals surface area contributed by atoms with Crippen molar-refractivity contribution in [2.24, 2.45) is 0 Å². The molecule has 0 atom stereocenters.